The van der Waals surface area contributed by atoms with Crippen LogP contribution in [0.5, 0.6) is 0 Å². The van der Waals surface area contributed by atoms with E-state index >= 15 is 0 Å². The Kier molecular flexibility index (Phi) is 7.79. The molecule has 0 unspecified atom stereocenters. The first kappa shape index (κ1) is 22.8. The number of amides is 2. The summed E-state index contributed by atoms with van der Waals surface area (Å²) in [4.78, 5) is 27.4. The first-order chi connectivity index (χ1) is 15.5. The smallest absolute Gasteiger partial charge is 0.253 e. The van der Waals surface area contributed by atoms with Gasteiger partial charge in [0.15, 0.2) is 0 Å². The second-order valence-corrected chi connectivity index (χ2v) is 7.66. The van der Waals surface area contributed by atoms with E-state index in [9.17, 15) is 9.59 Å². The molecule has 2 N–H and O–H groups in total. The molecule has 7 heteroatoms. The van der Waals surface area contributed by atoms with Crippen molar-refractivity contribution in [2.45, 2.75) is 33.0 Å². The molecule has 0 saturated carbocycles. The van der Waals surface area contributed by atoms with E-state index in [1.165, 1.54) is 0 Å². The molecule has 1 heterocycles. The summed E-state index contributed by atoms with van der Waals surface area (Å²) < 4.78 is 5.24. The molecule has 2 amide bonds. The van der Waals surface area contributed by atoms with E-state index in [0.29, 0.717) is 29.1 Å². The van der Waals surface area contributed by atoms with Crippen molar-refractivity contribution in [1.29, 1.82) is 5.26 Å². The van der Waals surface area contributed by atoms with E-state index in [-0.39, 0.29) is 30.9 Å². The minimum atomic E-state index is -0.296. The zero-order valence-corrected chi connectivity index (χ0v) is 18.2. The topological polar surface area (TPSA) is 98.4 Å². The minimum absolute atomic E-state index is 0.128. The standard InChI is InChI=1S/C25H26N4O3/c1-18(2)29(16-20-11-9-19(14-26)10-12-20)17-24(30)28-23-8-4-3-7-22(23)25(31)27-15-21-6-5-13-32-21/h3-13,18H,15-17H2,1-2H3,(H,27,31)(H,28,30). The Morgan fingerprint density at radius 3 is 2.47 bits per heavy atom. The van der Waals surface area contributed by atoms with Gasteiger partial charge in [0.2, 0.25) is 5.91 Å². The molecule has 0 aliphatic heterocycles. The maximum absolute atomic E-state index is 12.8. The van der Waals surface area contributed by atoms with Crippen molar-refractivity contribution in [3.05, 3.63) is 89.4 Å². The lowest BCUT2D eigenvalue weighted by molar-refractivity contribution is -0.117. The highest BCUT2D eigenvalue weighted by Crippen LogP contribution is 2.16. The largest absolute Gasteiger partial charge is 0.467 e. The quantitative estimate of drug-likeness (QED) is 0.536. The lowest BCUT2D eigenvalue weighted by Crippen LogP contribution is -2.37. The average Bonchev–Trinajstić information content (AvgIpc) is 3.31. The highest BCUT2D eigenvalue weighted by molar-refractivity contribution is 6.04. The number of nitrogens with zero attached hydrogens (tertiary/aromatic N) is 2. The molecular formula is C25H26N4O3. The molecule has 2 aromatic carbocycles. The third-order valence-electron chi connectivity index (χ3n) is 4.99. The lowest BCUT2D eigenvalue weighted by atomic mass is 10.1. The summed E-state index contributed by atoms with van der Waals surface area (Å²) in [6.07, 6.45) is 1.55. The van der Waals surface area contributed by atoms with Crippen LogP contribution >= 0.6 is 0 Å². The Morgan fingerprint density at radius 2 is 1.81 bits per heavy atom. The van der Waals surface area contributed by atoms with Gasteiger partial charge in [-0.15, -0.1) is 0 Å². The molecule has 164 valence electrons. The van der Waals surface area contributed by atoms with Gasteiger partial charge in [-0.25, -0.2) is 0 Å². The third-order valence-corrected chi connectivity index (χ3v) is 4.99. The molecule has 3 aromatic rings. The Morgan fingerprint density at radius 1 is 1.06 bits per heavy atom. The fraction of sp³-hybridized carbons (Fsp3) is 0.240. The van der Waals surface area contributed by atoms with Crippen LogP contribution < -0.4 is 10.6 Å². The molecule has 3 rings (SSSR count). The summed E-state index contributed by atoms with van der Waals surface area (Å²) in [5, 5.41) is 14.6. The van der Waals surface area contributed by atoms with Crippen LogP contribution in [-0.4, -0.2) is 29.3 Å². The van der Waals surface area contributed by atoms with E-state index in [0.717, 1.165) is 5.56 Å². The fourth-order valence-electron chi connectivity index (χ4n) is 3.18. The summed E-state index contributed by atoms with van der Waals surface area (Å²) in [5.41, 5.74) is 2.46. The van der Waals surface area contributed by atoms with Gasteiger partial charge in [0.25, 0.3) is 5.91 Å². The van der Waals surface area contributed by atoms with Crippen LogP contribution in [0.1, 0.15) is 41.1 Å². The number of para-hydroxylation sites is 1. The van der Waals surface area contributed by atoms with Crippen LogP contribution in [0.15, 0.2) is 71.3 Å². The Balaban J connectivity index is 1.63. The molecule has 0 spiro atoms. The average molecular weight is 431 g/mol. The van der Waals surface area contributed by atoms with Crippen LogP contribution in [-0.2, 0) is 17.9 Å². The van der Waals surface area contributed by atoms with Crippen LogP contribution in [0.3, 0.4) is 0 Å². The van der Waals surface area contributed by atoms with E-state index in [4.69, 9.17) is 9.68 Å². The molecule has 1 aromatic heterocycles. The van der Waals surface area contributed by atoms with Crippen molar-refractivity contribution in [3.63, 3.8) is 0 Å². The van der Waals surface area contributed by atoms with Crippen molar-refractivity contribution in [2.24, 2.45) is 0 Å². The molecule has 0 fully saturated rings. The maximum atomic E-state index is 12.8. The molecule has 0 aliphatic rings. The molecule has 0 atom stereocenters. The van der Waals surface area contributed by atoms with Crippen molar-refractivity contribution in [1.82, 2.24) is 10.2 Å². The molecule has 0 saturated heterocycles. The number of carbonyl (C=O) groups is 2. The summed E-state index contributed by atoms with van der Waals surface area (Å²) in [5.74, 6) is 0.143. The fourth-order valence-corrected chi connectivity index (χ4v) is 3.18. The predicted octanol–water partition coefficient (Wildman–Crippen LogP) is 3.93. The van der Waals surface area contributed by atoms with Crippen LogP contribution in [0.2, 0.25) is 0 Å². The van der Waals surface area contributed by atoms with Crippen molar-refractivity contribution in [3.8, 4) is 6.07 Å². The molecule has 0 radical (unpaired) electrons. The first-order valence-corrected chi connectivity index (χ1v) is 10.4. The molecular weight excluding hydrogens is 404 g/mol. The Hall–Kier alpha value is -3.89. The zero-order valence-electron chi connectivity index (χ0n) is 18.2. The van der Waals surface area contributed by atoms with Gasteiger partial charge in [0.05, 0.1) is 42.2 Å². The number of nitriles is 1. The van der Waals surface area contributed by atoms with E-state index in [1.807, 2.05) is 30.9 Å². The van der Waals surface area contributed by atoms with Crippen LogP contribution in [0.4, 0.5) is 5.69 Å². The second-order valence-electron chi connectivity index (χ2n) is 7.66. The van der Waals surface area contributed by atoms with Gasteiger partial charge in [0.1, 0.15) is 5.76 Å². The number of carbonyl (C=O) groups excluding carboxylic acids is 2. The Labute approximate surface area is 187 Å². The highest BCUT2D eigenvalue weighted by Gasteiger charge is 2.17. The first-order valence-electron chi connectivity index (χ1n) is 10.4. The summed E-state index contributed by atoms with van der Waals surface area (Å²) in [6, 6.07) is 20.0. The van der Waals surface area contributed by atoms with Gasteiger partial charge < -0.3 is 15.1 Å². The van der Waals surface area contributed by atoms with Crippen LogP contribution in [0, 0.1) is 11.3 Å². The van der Waals surface area contributed by atoms with Gasteiger partial charge in [-0.2, -0.15) is 5.26 Å². The highest BCUT2D eigenvalue weighted by atomic mass is 16.3. The van der Waals surface area contributed by atoms with E-state index in [1.54, 1.807) is 54.8 Å². The monoisotopic (exact) mass is 430 g/mol. The van der Waals surface area contributed by atoms with Crippen LogP contribution in [0.25, 0.3) is 0 Å². The normalized spacial score (nSPS) is 10.7. The molecule has 32 heavy (non-hydrogen) atoms. The predicted molar refractivity (Wildman–Crippen MR) is 122 cm³/mol. The minimum Gasteiger partial charge on any atom is -0.467 e. The van der Waals surface area contributed by atoms with Crippen molar-refractivity contribution < 1.29 is 14.0 Å². The number of hydrogen-bond donors (Lipinski definition) is 2. The maximum Gasteiger partial charge on any atom is 0.253 e. The second kappa shape index (κ2) is 10.9. The molecule has 0 bridgehead atoms. The van der Waals surface area contributed by atoms with Gasteiger partial charge in [-0.3, -0.25) is 14.5 Å². The van der Waals surface area contributed by atoms with Crippen molar-refractivity contribution in [2.75, 3.05) is 11.9 Å². The third kappa shape index (κ3) is 6.30. The summed E-state index contributed by atoms with van der Waals surface area (Å²) in [7, 11) is 0. The number of hydrogen-bond acceptors (Lipinski definition) is 5. The lowest BCUT2D eigenvalue weighted by Gasteiger charge is -2.26. The van der Waals surface area contributed by atoms with E-state index < -0.39 is 0 Å². The zero-order chi connectivity index (χ0) is 22.9. The van der Waals surface area contributed by atoms with E-state index in [2.05, 4.69) is 16.7 Å². The molecule has 7 nitrogen and oxygen atoms in total. The number of furan rings is 1. The number of nitrogens with one attached hydrogen (secondary N) is 2. The number of benzene rings is 2. The van der Waals surface area contributed by atoms with Gasteiger partial charge in [-0.05, 0) is 55.8 Å². The summed E-state index contributed by atoms with van der Waals surface area (Å²) in [6.45, 7) is 5.04. The van der Waals surface area contributed by atoms with Gasteiger partial charge in [-0.1, -0.05) is 24.3 Å². The summed E-state index contributed by atoms with van der Waals surface area (Å²) >= 11 is 0. The molecule has 0 aliphatic carbocycles. The SMILES string of the molecule is CC(C)N(CC(=O)Nc1ccccc1C(=O)NCc1ccco1)Cc1ccc(C#N)cc1. The van der Waals surface area contributed by atoms with Gasteiger partial charge >= 0.3 is 0 Å². The van der Waals surface area contributed by atoms with Crippen molar-refractivity contribution >= 4 is 17.5 Å². The van der Waals surface area contributed by atoms with Gasteiger partial charge in [0, 0.05) is 12.6 Å². The Bertz CT molecular complexity index is 1080. The number of rotatable bonds is 9. The number of anilines is 1.